The number of amides is 2. The minimum absolute atomic E-state index is 0.0526. The van der Waals surface area contributed by atoms with E-state index < -0.39 is 28.5 Å². The molecular formula is C29H35N3O6S. The number of anilines is 1. The number of carbonyl (C=O) groups excluding carboxylic acids is 2. The standard InChI is InChI=1S/C29H35N3O6S/c1-6-27(29(34)30-3)31(19-22-9-13-24(37-4)14-10-22)28(33)20-32(23-11-15-25(38-5)16-12-23)39(35,36)26-17-7-21(2)8-18-26/h7-18,27H,6,19-20H2,1-5H3,(H,30,34). The number of methoxy groups -OCH3 is 2. The second-order valence-corrected chi connectivity index (χ2v) is 10.8. The minimum atomic E-state index is -4.13. The molecule has 3 aromatic rings. The van der Waals surface area contributed by atoms with Gasteiger partial charge in [-0.3, -0.25) is 13.9 Å². The number of aryl methyl sites for hydroxylation is 1. The molecular weight excluding hydrogens is 518 g/mol. The highest BCUT2D eigenvalue weighted by molar-refractivity contribution is 7.92. The Balaban J connectivity index is 2.04. The van der Waals surface area contributed by atoms with Gasteiger partial charge < -0.3 is 19.7 Å². The quantitative estimate of drug-likeness (QED) is 0.366. The molecule has 0 fully saturated rings. The normalized spacial score (nSPS) is 11.8. The average Bonchev–Trinajstić information content (AvgIpc) is 2.96. The molecule has 9 nitrogen and oxygen atoms in total. The summed E-state index contributed by atoms with van der Waals surface area (Å²) in [5.41, 5.74) is 1.97. The molecule has 0 saturated heterocycles. The maximum absolute atomic E-state index is 13.9. The zero-order chi connectivity index (χ0) is 28.6. The third kappa shape index (κ3) is 7.08. The number of nitrogens with one attached hydrogen (secondary N) is 1. The Hall–Kier alpha value is -4.05. The monoisotopic (exact) mass is 553 g/mol. The number of likely N-dealkylation sites (N-methyl/N-ethyl adjacent to an activating group) is 1. The molecule has 0 aliphatic heterocycles. The van der Waals surface area contributed by atoms with Crippen LogP contribution < -0.4 is 19.1 Å². The van der Waals surface area contributed by atoms with Crippen LogP contribution in [0.25, 0.3) is 0 Å². The Morgan fingerprint density at radius 3 is 1.90 bits per heavy atom. The summed E-state index contributed by atoms with van der Waals surface area (Å²) in [6.45, 7) is 3.27. The van der Waals surface area contributed by atoms with Crippen LogP contribution in [0.1, 0.15) is 24.5 Å². The first kappa shape index (κ1) is 29.5. The summed E-state index contributed by atoms with van der Waals surface area (Å²) in [6, 6.07) is 19.2. The zero-order valence-electron chi connectivity index (χ0n) is 22.9. The fourth-order valence-electron chi connectivity index (χ4n) is 4.13. The molecule has 0 spiro atoms. The highest BCUT2D eigenvalue weighted by Gasteiger charge is 2.33. The van der Waals surface area contributed by atoms with Gasteiger partial charge in [-0.25, -0.2) is 8.42 Å². The van der Waals surface area contributed by atoms with E-state index in [1.54, 1.807) is 74.7 Å². The number of benzene rings is 3. The molecule has 208 valence electrons. The summed E-state index contributed by atoms with van der Waals surface area (Å²) in [5, 5.41) is 2.62. The van der Waals surface area contributed by atoms with Crippen molar-refractivity contribution in [2.75, 3.05) is 32.1 Å². The highest BCUT2D eigenvalue weighted by atomic mass is 32.2. The number of nitrogens with zero attached hydrogens (tertiary/aromatic N) is 2. The third-order valence-electron chi connectivity index (χ3n) is 6.39. The van der Waals surface area contributed by atoms with Crippen LogP contribution in [0.3, 0.4) is 0 Å². The molecule has 0 aliphatic carbocycles. The van der Waals surface area contributed by atoms with Gasteiger partial charge in [-0.2, -0.15) is 0 Å². The van der Waals surface area contributed by atoms with Gasteiger partial charge >= 0.3 is 0 Å². The number of hydrogen-bond acceptors (Lipinski definition) is 6. The fraction of sp³-hybridized carbons (Fsp3) is 0.310. The lowest BCUT2D eigenvalue weighted by molar-refractivity contribution is -0.140. The Kier molecular flexibility index (Phi) is 9.95. The summed E-state index contributed by atoms with van der Waals surface area (Å²) in [5.74, 6) is 0.346. The molecule has 1 atom stereocenters. The molecule has 0 radical (unpaired) electrons. The molecule has 39 heavy (non-hydrogen) atoms. The number of carbonyl (C=O) groups is 2. The van der Waals surface area contributed by atoms with Gasteiger partial charge in [0.2, 0.25) is 11.8 Å². The predicted octanol–water partition coefficient (Wildman–Crippen LogP) is 3.76. The van der Waals surface area contributed by atoms with Crippen molar-refractivity contribution < 1.29 is 27.5 Å². The van der Waals surface area contributed by atoms with E-state index in [4.69, 9.17) is 9.47 Å². The molecule has 0 heterocycles. The Morgan fingerprint density at radius 1 is 0.872 bits per heavy atom. The van der Waals surface area contributed by atoms with Crippen molar-refractivity contribution in [1.82, 2.24) is 10.2 Å². The largest absolute Gasteiger partial charge is 0.497 e. The first-order valence-corrected chi connectivity index (χ1v) is 14.0. The van der Waals surface area contributed by atoms with Crippen LogP contribution in [-0.2, 0) is 26.2 Å². The van der Waals surface area contributed by atoms with E-state index >= 15 is 0 Å². The number of hydrogen-bond donors (Lipinski definition) is 1. The Labute approximate surface area is 230 Å². The fourth-order valence-corrected chi connectivity index (χ4v) is 5.54. The van der Waals surface area contributed by atoms with E-state index in [1.807, 2.05) is 6.92 Å². The molecule has 3 rings (SSSR count). The van der Waals surface area contributed by atoms with Crippen molar-refractivity contribution in [3.8, 4) is 11.5 Å². The SMILES string of the molecule is CCC(C(=O)NC)N(Cc1ccc(OC)cc1)C(=O)CN(c1ccc(OC)cc1)S(=O)(=O)c1ccc(C)cc1. The summed E-state index contributed by atoms with van der Waals surface area (Å²) >= 11 is 0. The molecule has 0 saturated carbocycles. The van der Waals surface area contributed by atoms with Crippen molar-refractivity contribution in [2.24, 2.45) is 0 Å². The molecule has 0 aromatic heterocycles. The van der Waals surface area contributed by atoms with Crippen LogP contribution in [0.15, 0.2) is 77.7 Å². The second-order valence-electron chi connectivity index (χ2n) is 8.93. The maximum Gasteiger partial charge on any atom is 0.264 e. The van der Waals surface area contributed by atoms with Crippen molar-refractivity contribution in [3.63, 3.8) is 0 Å². The van der Waals surface area contributed by atoms with E-state index in [0.29, 0.717) is 23.6 Å². The van der Waals surface area contributed by atoms with E-state index in [-0.39, 0.29) is 17.3 Å². The van der Waals surface area contributed by atoms with Gasteiger partial charge in [-0.1, -0.05) is 36.8 Å². The van der Waals surface area contributed by atoms with Gasteiger partial charge in [0.05, 0.1) is 24.8 Å². The minimum Gasteiger partial charge on any atom is -0.497 e. The van der Waals surface area contributed by atoms with Crippen LogP contribution in [0, 0.1) is 6.92 Å². The van der Waals surface area contributed by atoms with E-state index in [2.05, 4.69) is 5.32 Å². The second kappa shape index (κ2) is 13.1. The van der Waals surface area contributed by atoms with Crippen LogP contribution in [0.2, 0.25) is 0 Å². The lowest BCUT2D eigenvalue weighted by atomic mass is 10.1. The first-order valence-electron chi connectivity index (χ1n) is 12.5. The Morgan fingerprint density at radius 2 is 1.41 bits per heavy atom. The molecule has 2 amide bonds. The van der Waals surface area contributed by atoms with Crippen molar-refractivity contribution in [1.29, 1.82) is 0 Å². The lowest BCUT2D eigenvalue weighted by Gasteiger charge is -2.33. The molecule has 3 aromatic carbocycles. The molecule has 0 bridgehead atoms. The van der Waals surface area contributed by atoms with E-state index in [1.165, 1.54) is 31.2 Å². The summed E-state index contributed by atoms with van der Waals surface area (Å²) in [7, 11) is 0.451. The Bertz CT molecular complexity index is 1360. The van der Waals surface area contributed by atoms with Gasteiger partial charge in [0.15, 0.2) is 0 Å². The molecule has 10 heteroatoms. The lowest BCUT2D eigenvalue weighted by Crippen LogP contribution is -2.51. The number of sulfonamides is 1. The van der Waals surface area contributed by atoms with Crippen LogP contribution in [0.4, 0.5) is 5.69 Å². The van der Waals surface area contributed by atoms with Crippen LogP contribution >= 0.6 is 0 Å². The first-order chi connectivity index (χ1) is 18.6. The van der Waals surface area contributed by atoms with E-state index in [0.717, 1.165) is 15.4 Å². The van der Waals surface area contributed by atoms with Gasteiger partial charge in [-0.15, -0.1) is 0 Å². The smallest absolute Gasteiger partial charge is 0.264 e. The number of rotatable bonds is 12. The van der Waals surface area contributed by atoms with Gasteiger partial charge in [0.1, 0.15) is 24.1 Å². The van der Waals surface area contributed by atoms with Crippen molar-refractivity contribution in [3.05, 3.63) is 83.9 Å². The number of ether oxygens (including phenoxy) is 2. The summed E-state index contributed by atoms with van der Waals surface area (Å²) in [6.07, 6.45) is 0.342. The molecule has 1 N–H and O–H groups in total. The van der Waals surface area contributed by atoms with Gasteiger partial charge in [0.25, 0.3) is 10.0 Å². The van der Waals surface area contributed by atoms with Crippen LogP contribution in [-0.4, -0.2) is 59.0 Å². The van der Waals surface area contributed by atoms with E-state index in [9.17, 15) is 18.0 Å². The topological polar surface area (TPSA) is 105 Å². The van der Waals surface area contributed by atoms with Crippen LogP contribution in [0.5, 0.6) is 11.5 Å². The molecule has 0 aliphatic rings. The summed E-state index contributed by atoms with van der Waals surface area (Å²) in [4.78, 5) is 28.2. The van der Waals surface area contributed by atoms with Crippen molar-refractivity contribution in [2.45, 2.75) is 37.8 Å². The van der Waals surface area contributed by atoms with Crippen molar-refractivity contribution >= 4 is 27.5 Å². The highest BCUT2D eigenvalue weighted by Crippen LogP contribution is 2.27. The molecule has 1 unspecified atom stereocenters. The third-order valence-corrected chi connectivity index (χ3v) is 8.18. The van der Waals surface area contributed by atoms with Gasteiger partial charge in [0, 0.05) is 13.6 Å². The maximum atomic E-state index is 13.9. The van der Waals surface area contributed by atoms with Gasteiger partial charge in [-0.05, 0) is 67.4 Å². The zero-order valence-corrected chi connectivity index (χ0v) is 23.7. The average molecular weight is 554 g/mol. The summed E-state index contributed by atoms with van der Waals surface area (Å²) < 4.78 is 39.2. The predicted molar refractivity (Wildman–Crippen MR) is 150 cm³/mol.